The molecule has 0 aromatic rings. The zero-order valence-corrected chi connectivity index (χ0v) is 9.56. The molecule has 3 N–H and O–H groups in total. The number of carbonyl (C=O) groups excluding carboxylic acids is 1. The number of hydrogen-bond acceptors (Lipinski definition) is 4. The van der Waals surface area contributed by atoms with Crippen molar-refractivity contribution in [2.75, 3.05) is 26.8 Å². The van der Waals surface area contributed by atoms with Gasteiger partial charge < -0.3 is 20.6 Å². The lowest BCUT2D eigenvalue weighted by atomic mass is 10.0. The third kappa shape index (κ3) is 4.06. The molecule has 92 valence electrons. The van der Waals surface area contributed by atoms with Crippen LogP contribution in [0.2, 0.25) is 0 Å². The molecule has 6 heteroatoms. The lowest BCUT2D eigenvalue weighted by molar-refractivity contribution is -0.129. The summed E-state index contributed by atoms with van der Waals surface area (Å²) in [5.74, 6) is 0.201. The van der Waals surface area contributed by atoms with Gasteiger partial charge in [0, 0.05) is 20.2 Å². The first-order valence-corrected chi connectivity index (χ1v) is 5.41. The van der Waals surface area contributed by atoms with Crippen LogP contribution in [0.4, 0.5) is 0 Å². The van der Waals surface area contributed by atoms with E-state index < -0.39 is 0 Å². The Labute approximate surface area is 95.0 Å². The molecule has 0 aromatic carbocycles. The number of amides is 1. The molecule has 0 radical (unpaired) electrons. The second-order valence-corrected chi connectivity index (χ2v) is 4.13. The summed E-state index contributed by atoms with van der Waals surface area (Å²) >= 11 is 0. The molecule has 1 heterocycles. The fourth-order valence-corrected chi connectivity index (χ4v) is 1.77. The summed E-state index contributed by atoms with van der Waals surface area (Å²) in [4.78, 5) is 13.2. The molecule has 1 fully saturated rings. The average molecular weight is 229 g/mol. The van der Waals surface area contributed by atoms with E-state index in [0.29, 0.717) is 19.1 Å². The van der Waals surface area contributed by atoms with Crippen LogP contribution in [0.15, 0.2) is 5.16 Å². The maximum Gasteiger partial charge on any atom is 0.230 e. The molecule has 1 saturated heterocycles. The van der Waals surface area contributed by atoms with E-state index in [0.717, 1.165) is 19.4 Å². The van der Waals surface area contributed by atoms with Crippen LogP contribution < -0.4 is 5.73 Å². The SMILES string of the molecule is CN(CC1CCCOC1)C(=O)CC(N)=NO. The summed E-state index contributed by atoms with van der Waals surface area (Å²) in [6.07, 6.45) is 2.09. The Kier molecular flexibility index (Phi) is 5.04. The molecule has 1 amide bonds. The molecule has 0 spiro atoms. The van der Waals surface area contributed by atoms with Crippen molar-refractivity contribution >= 4 is 11.7 Å². The molecule has 0 aromatic heterocycles. The third-order valence-corrected chi connectivity index (χ3v) is 2.67. The van der Waals surface area contributed by atoms with Gasteiger partial charge in [0.1, 0.15) is 5.84 Å². The van der Waals surface area contributed by atoms with Gasteiger partial charge in [-0.15, -0.1) is 0 Å². The molecule has 16 heavy (non-hydrogen) atoms. The quantitative estimate of drug-likeness (QED) is 0.307. The van der Waals surface area contributed by atoms with E-state index in [4.69, 9.17) is 15.7 Å². The standard InChI is InChI=1S/C10H19N3O3/c1-13(10(14)5-9(11)12-15)6-8-3-2-4-16-7-8/h8,15H,2-7H2,1H3,(H2,11,12). The zero-order valence-electron chi connectivity index (χ0n) is 9.56. The predicted octanol–water partition coefficient (Wildman–Crippen LogP) is 0.00790. The molecule has 1 rings (SSSR count). The summed E-state index contributed by atoms with van der Waals surface area (Å²) in [5.41, 5.74) is 5.27. The van der Waals surface area contributed by atoms with Crippen LogP contribution in [-0.2, 0) is 9.53 Å². The number of oxime groups is 1. The second kappa shape index (κ2) is 6.32. The van der Waals surface area contributed by atoms with Crippen molar-refractivity contribution in [3.05, 3.63) is 0 Å². The van der Waals surface area contributed by atoms with E-state index in [1.165, 1.54) is 0 Å². The number of hydrogen-bond donors (Lipinski definition) is 2. The van der Waals surface area contributed by atoms with E-state index in [1.807, 2.05) is 0 Å². The maximum atomic E-state index is 11.6. The molecule has 1 atom stereocenters. The Bertz CT molecular complexity index is 262. The summed E-state index contributed by atoms with van der Waals surface area (Å²) in [7, 11) is 1.72. The van der Waals surface area contributed by atoms with Gasteiger partial charge in [0.25, 0.3) is 0 Å². The van der Waals surface area contributed by atoms with Gasteiger partial charge in [-0.1, -0.05) is 5.16 Å². The third-order valence-electron chi connectivity index (χ3n) is 2.67. The van der Waals surface area contributed by atoms with Crippen LogP contribution >= 0.6 is 0 Å². The van der Waals surface area contributed by atoms with Crippen molar-refractivity contribution < 1.29 is 14.7 Å². The van der Waals surface area contributed by atoms with Gasteiger partial charge in [0.2, 0.25) is 5.91 Å². The monoisotopic (exact) mass is 229 g/mol. The lowest BCUT2D eigenvalue weighted by Gasteiger charge is -2.27. The van der Waals surface area contributed by atoms with Gasteiger partial charge in [-0.2, -0.15) is 0 Å². The highest BCUT2D eigenvalue weighted by Crippen LogP contribution is 2.14. The van der Waals surface area contributed by atoms with Crippen LogP contribution in [0, 0.1) is 5.92 Å². The lowest BCUT2D eigenvalue weighted by Crippen LogP contribution is -2.36. The molecular formula is C10H19N3O3. The molecule has 0 bridgehead atoms. The number of ether oxygens (including phenoxy) is 1. The Morgan fingerprint density at radius 2 is 2.44 bits per heavy atom. The number of rotatable bonds is 4. The topological polar surface area (TPSA) is 88.2 Å². The van der Waals surface area contributed by atoms with E-state index in [-0.39, 0.29) is 18.2 Å². The molecule has 1 aliphatic heterocycles. The van der Waals surface area contributed by atoms with Crippen LogP contribution in [0.1, 0.15) is 19.3 Å². The summed E-state index contributed by atoms with van der Waals surface area (Å²) in [6.45, 7) is 2.19. The number of carbonyl (C=O) groups is 1. The minimum atomic E-state index is -0.138. The van der Waals surface area contributed by atoms with Gasteiger partial charge in [-0.25, -0.2) is 0 Å². The fourth-order valence-electron chi connectivity index (χ4n) is 1.77. The highest BCUT2D eigenvalue weighted by molar-refractivity contribution is 5.98. The maximum absolute atomic E-state index is 11.6. The van der Waals surface area contributed by atoms with Crippen LogP contribution in [-0.4, -0.2) is 48.7 Å². The normalized spacial score (nSPS) is 21.8. The van der Waals surface area contributed by atoms with Gasteiger partial charge in [-0.3, -0.25) is 4.79 Å². The highest BCUT2D eigenvalue weighted by atomic mass is 16.5. The Hall–Kier alpha value is -1.30. The number of amidine groups is 1. The van der Waals surface area contributed by atoms with E-state index in [2.05, 4.69) is 5.16 Å². The Balaban J connectivity index is 2.32. The summed E-state index contributed by atoms with van der Waals surface area (Å²) in [5, 5.41) is 11.1. The first-order chi connectivity index (χ1) is 7.63. The molecule has 1 aliphatic rings. The van der Waals surface area contributed by atoms with E-state index in [1.54, 1.807) is 11.9 Å². The second-order valence-electron chi connectivity index (χ2n) is 4.13. The van der Waals surface area contributed by atoms with Crippen molar-refractivity contribution in [3.63, 3.8) is 0 Å². The van der Waals surface area contributed by atoms with Crippen molar-refractivity contribution in [2.24, 2.45) is 16.8 Å². The van der Waals surface area contributed by atoms with Crippen molar-refractivity contribution in [2.45, 2.75) is 19.3 Å². The van der Waals surface area contributed by atoms with Gasteiger partial charge in [-0.05, 0) is 18.8 Å². The van der Waals surface area contributed by atoms with Crippen LogP contribution in [0.5, 0.6) is 0 Å². The van der Waals surface area contributed by atoms with Crippen LogP contribution in [0.3, 0.4) is 0 Å². The van der Waals surface area contributed by atoms with Gasteiger partial charge in [0.15, 0.2) is 0 Å². The number of nitrogens with two attached hydrogens (primary N) is 1. The molecule has 6 nitrogen and oxygen atoms in total. The molecule has 0 aliphatic carbocycles. The van der Waals surface area contributed by atoms with Crippen molar-refractivity contribution in [3.8, 4) is 0 Å². The average Bonchev–Trinajstić information content (AvgIpc) is 2.30. The molecule has 1 unspecified atom stereocenters. The summed E-state index contributed by atoms with van der Waals surface area (Å²) < 4.78 is 5.34. The zero-order chi connectivity index (χ0) is 12.0. The first kappa shape index (κ1) is 12.8. The first-order valence-electron chi connectivity index (χ1n) is 5.41. The Morgan fingerprint density at radius 3 is 3.00 bits per heavy atom. The fraction of sp³-hybridized carbons (Fsp3) is 0.800. The minimum absolute atomic E-state index is 0.0411. The van der Waals surface area contributed by atoms with Crippen molar-refractivity contribution in [1.29, 1.82) is 0 Å². The predicted molar refractivity (Wildman–Crippen MR) is 59.2 cm³/mol. The van der Waals surface area contributed by atoms with E-state index in [9.17, 15) is 4.79 Å². The van der Waals surface area contributed by atoms with E-state index >= 15 is 0 Å². The number of nitrogens with zero attached hydrogens (tertiary/aromatic N) is 2. The minimum Gasteiger partial charge on any atom is -0.409 e. The summed E-state index contributed by atoms with van der Waals surface area (Å²) in [6, 6.07) is 0. The highest BCUT2D eigenvalue weighted by Gasteiger charge is 2.19. The largest absolute Gasteiger partial charge is 0.409 e. The smallest absolute Gasteiger partial charge is 0.230 e. The molecular weight excluding hydrogens is 210 g/mol. The van der Waals surface area contributed by atoms with Gasteiger partial charge >= 0.3 is 0 Å². The van der Waals surface area contributed by atoms with Crippen molar-refractivity contribution in [1.82, 2.24) is 4.90 Å². The van der Waals surface area contributed by atoms with Gasteiger partial charge in [0.05, 0.1) is 13.0 Å². The molecule has 0 saturated carbocycles. The Morgan fingerprint density at radius 1 is 1.69 bits per heavy atom. The van der Waals surface area contributed by atoms with Crippen LogP contribution in [0.25, 0.3) is 0 Å².